The van der Waals surface area contributed by atoms with Gasteiger partial charge in [0.15, 0.2) is 0 Å². The lowest BCUT2D eigenvalue weighted by Gasteiger charge is -2.29. The van der Waals surface area contributed by atoms with E-state index in [-0.39, 0.29) is 18.2 Å². The van der Waals surface area contributed by atoms with Crippen molar-refractivity contribution in [2.24, 2.45) is 0 Å². The van der Waals surface area contributed by atoms with Gasteiger partial charge in [-0.2, -0.15) is 0 Å². The number of ether oxygens (including phenoxy) is 1. The van der Waals surface area contributed by atoms with Crippen LogP contribution in [0.4, 0.5) is 0 Å². The molecule has 23 heavy (non-hydrogen) atoms. The Morgan fingerprint density at radius 1 is 1.26 bits per heavy atom. The van der Waals surface area contributed by atoms with Crippen LogP contribution in [0.15, 0.2) is 18.2 Å². The number of rotatable bonds is 2. The van der Waals surface area contributed by atoms with Crippen molar-refractivity contribution in [2.75, 3.05) is 7.11 Å². The van der Waals surface area contributed by atoms with E-state index in [4.69, 9.17) is 4.74 Å². The van der Waals surface area contributed by atoms with Crippen molar-refractivity contribution in [1.82, 2.24) is 10.2 Å². The largest absolute Gasteiger partial charge is 0.497 e. The zero-order chi connectivity index (χ0) is 17.0. The van der Waals surface area contributed by atoms with Crippen LogP contribution in [0.3, 0.4) is 0 Å². The van der Waals surface area contributed by atoms with Crippen molar-refractivity contribution >= 4 is 17.7 Å². The van der Waals surface area contributed by atoms with Crippen LogP contribution in [0, 0.1) is 0 Å². The molecule has 124 valence electrons. The monoisotopic (exact) mass is 318 g/mol. The first-order valence-electron chi connectivity index (χ1n) is 7.83. The SMILES string of the molecule is CCC.COc1ccc2c(c1)CN(C1CCC(=O)NC1=O)C2=O. The van der Waals surface area contributed by atoms with E-state index in [0.717, 1.165) is 5.56 Å². The highest BCUT2D eigenvalue weighted by Crippen LogP contribution is 2.29. The molecule has 1 aromatic rings. The summed E-state index contributed by atoms with van der Waals surface area (Å²) in [7, 11) is 1.57. The Bertz CT molecular complexity index is 627. The maximum atomic E-state index is 12.3. The van der Waals surface area contributed by atoms with E-state index in [1.807, 2.05) is 0 Å². The van der Waals surface area contributed by atoms with Crippen molar-refractivity contribution in [3.8, 4) is 5.75 Å². The molecule has 0 aliphatic carbocycles. The highest BCUT2D eigenvalue weighted by molar-refractivity contribution is 6.05. The first kappa shape index (κ1) is 17.0. The Labute approximate surface area is 135 Å². The van der Waals surface area contributed by atoms with Crippen molar-refractivity contribution in [1.29, 1.82) is 0 Å². The number of hydrogen-bond donors (Lipinski definition) is 1. The highest BCUT2D eigenvalue weighted by Gasteiger charge is 2.39. The molecule has 2 aliphatic rings. The Morgan fingerprint density at radius 3 is 2.57 bits per heavy atom. The van der Waals surface area contributed by atoms with Gasteiger partial charge in [-0.1, -0.05) is 20.3 Å². The Morgan fingerprint density at radius 2 is 1.96 bits per heavy atom. The molecule has 6 heteroatoms. The fraction of sp³-hybridized carbons (Fsp3) is 0.471. The van der Waals surface area contributed by atoms with Gasteiger partial charge in [-0.05, 0) is 30.2 Å². The molecule has 1 aromatic carbocycles. The van der Waals surface area contributed by atoms with Gasteiger partial charge >= 0.3 is 0 Å². The molecular formula is C17H22N2O4. The lowest BCUT2D eigenvalue weighted by atomic mass is 10.0. The summed E-state index contributed by atoms with van der Waals surface area (Å²) in [6, 6.07) is 4.67. The van der Waals surface area contributed by atoms with E-state index in [2.05, 4.69) is 19.2 Å². The number of carbonyl (C=O) groups is 3. The zero-order valence-electron chi connectivity index (χ0n) is 13.7. The molecule has 6 nitrogen and oxygen atoms in total. The Kier molecular flexibility index (Phi) is 5.36. The van der Waals surface area contributed by atoms with E-state index in [1.165, 1.54) is 11.3 Å². The van der Waals surface area contributed by atoms with Crippen LogP contribution < -0.4 is 10.1 Å². The first-order chi connectivity index (χ1) is 11.0. The van der Waals surface area contributed by atoms with Gasteiger partial charge in [0.05, 0.1) is 7.11 Å². The number of imide groups is 1. The number of nitrogens with zero attached hydrogens (tertiary/aromatic N) is 1. The topological polar surface area (TPSA) is 75.7 Å². The average Bonchev–Trinajstić information content (AvgIpc) is 2.84. The summed E-state index contributed by atoms with van der Waals surface area (Å²) < 4.78 is 5.14. The minimum absolute atomic E-state index is 0.169. The molecule has 3 rings (SSSR count). The third-order valence-electron chi connectivity index (χ3n) is 3.73. The molecule has 1 unspecified atom stereocenters. The van der Waals surface area contributed by atoms with Gasteiger partial charge in [0.1, 0.15) is 11.8 Å². The predicted octanol–water partition coefficient (Wildman–Crippen LogP) is 1.87. The number of methoxy groups -OCH3 is 1. The van der Waals surface area contributed by atoms with E-state index >= 15 is 0 Å². The summed E-state index contributed by atoms with van der Waals surface area (Å²) in [5, 5.41) is 2.28. The minimum Gasteiger partial charge on any atom is -0.497 e. The highest BCUT2D eigenvalue weighted by atomic mass is 16.5. The van der Waals surface area contributed by atoms with Crippen molar-refractivity contribution < 1.29 is 19.1 Å². The van der Waals surface area contributed by atoms with E-state index in [9.17, 15) is 14.4 Å². The van der Waals surface area contributed by atoms with Gasteiger partial charge in [-0.25, -0.2) is 0 Å². The second-order valence-electron chi connectivity index (χ2n) is 5.63. The number of amides is 3. The Hall–Kier alpha value is -2.37. The van der Waals surface area contributed by atoms with Crippen molar-refractivity contribution in [3.05, 3.63) is 29.3 Å². The maximum Gasteiger partial charge on any atom is 0.255 e. The molecule has 0 bridgehead atoms. The third-order valence-corrected chi connectivity index (χ3v) is 3.73. The van der Waals surface area contributed by atoms with Gasteiger partial charge in [-0.15, -0.1) is 0 Å². The van der Waals surface area contributed by atoms with Gasteiger partial charge < -0.3 is 9.64 Å². The molecule has 0 saturated carbocycles. The number of benzene rings is 1. The van der Waals surface area contributed by atoms with Crippen LogP contribution in [0.2, 0.25) is 0 Å². The van der Waals surface area contributed by atoms with Crippen LogP contribution in [0.25, 0.3) is 0 Å². The molecule has 1 fully saturated rings. The molecule has 0 radical (unpaired) electrons. The molecule has 0 aromatic heterocycles. The summed E-state index contributed by atoms with van der Waals surface area (Å²) in [5.74, 6) is -0.162. The van der Waals surface area contributed by atoms with Crippen LogP contribution in [-0.4, -0.2) is 35.8 Å². The molecule has 1 atom stereocenters. The second-order valence-corrected chi connectivity index (χ2v) is 5.63. The maximum absolute atomic E-state index is 12.3. The first-order valence-corrected chi connectivity index (χ1v) is 7.83. The molecule has 1 saturated heterocycles. The zero-order valence-corrected chi connectivity index (χ0v) is 13.7. The summed E-state index contributed by atoms with van der Waals surface area (Å²) in [6.07, 6.45) is 1.89. The van der Waals surface area contributed by atoms with Crippen molar-refractivity contribution in [3.63, 3.8) is 0 Å². The normalized spacial score (nSPS) is 19.7. The summed E-state index contributed by atoms with van der Waals surface area (Å²) in [4.78, 5) is 36.9. The predicted molar refractivity (Wildman–Crippen MR) is 85.0 cm³/mol. The quantitative estimate of drug-likeness (QED) is 0.845. The molecule has 2 heterocycles. The number of fused-ring (bicyclic) bond motifs is 1. The smallest absolute Gasteiger partial charge is 0.255 e. The van der Waals surface area contributed by atoms with Gasteiger partial charge in [0, 0.05) is 18.5 Å². The molecular weight excluding hydrogens is 296 g/mol. The average molecular weight is 318 g/mol. The lowest BCUT2D eigenvalue weighted by Crippen LogP contribution is -2.52. The molecule has 2 aliphatic heterocycles. The minimum atomic E-state index is -0.571. The van der Waals surface area contributed by atoms with Gasteiger partial charge in [0.2, 0.25) is 11.8 Å². The third kappa shape index (κ3) is 3.52. The van der Waals surface area contributed by atoms with Gasteiger partial charge in [0.25, 0.3) is 5.91 Å². The van der Waals surface area contributed by atoms with Crippen LogP contribution >= 0.6 is 0 Å². The second kappa shape index (κ2) is 7.26. The van der Waals surface area contributed by atoms with Crippen LogP contribution in [-0.2, 0) is 16.1 Å². The van der Waals surface area contributed by atoms with Crippen molar-refractivity contribution in [2.45, 2.75) is 45.7 Å². The molecule has 3 amide bonds. The molecule has 1 N–H and O–H groups in total. The number of carbonyl (C=O) groups excluding carboxylic acids is 3. The summed E-state index contributed by atoms with van der Waals surface area (Å²) in [6.45, 7) is 4.62. The fourth-order valence-electron chi connectivity index (χ4n) is 2.68. The standard InChI is InChI=1S/C14H14N2O4.C3H8/c1-20-9-2-3-10-8(6-9)7-16(14(10)19)11-4-5-12(17)15-13(11)18;1-3-2/h2-3,6,11H,4-5,7H2,1H3,(H,15,17,18);3H2,1-2H3. The Balaban J connectivity index is 0.000000595. The van der Waals surface area contributed by atoms with Crippen LogP contribution in [0.5, 0.6) is 5.75 Å². The molecule has 0 spiro atoms. The van der Waals surface area contributed by atoms with E-state index in [1.54, 1.807) is 25.3 Å². The summed E-state index contributed by atoms with van der Waals surface area (Å²) >= 11 is 0. The summed E-state index contributed by atoms with van der Waals surface area (Å²) in [5.41, 5.74) is 1.44. The van der Waals surface area contributed by atoms with Crippen LogP contribution in [0.1, 0.15) is 49.0 Å². The van der Waals surface area contributed by atoms with Gasteiger partial charge in [-0.3, -0.25) is 19.7 Å². The number of piperidine rings is 1. The van der Waals surface area contributed by atoms with E-state index < -0.39 is 11.9 Å². The number of nitrogens with one attached hydrogen (secondary N) is 1. The lowest BCUT2D eigenvalue weighted by molar-refractivity contribution is -0.136. The fourth-order valence-corrected chi connectivity index (χ4v) is 2.68. The van der Waals surface area contributed by atoms with E-state index in [0.29, 0.717) is 24.3 Å². The number of hydrogen-bond acceptors (Lipinski definition) is 4.